The topological polar surface area (TPSA) is 64.4 Å². The van der Waals surface area contributed by atoms with Gasteiger partial charge in [-0.15, -0.1) is 0 Å². The van der Waals surface area contributed by atoms with E-state index in [2.05, 4.69) is 5.32 Å². The average molecular weight is 422 g/mol. The predicted octanol–water partition coefficient (Wildman–Crippen LogP) is 5.02. The quantitative estimate of drug-likeness (QED) is 0.525. The van der Waals surface area contributed by atoms with Crippen molar-refractivity contribution in [2.75, 3.05) is 13.2 Å². The van der Waals surface area contributed by atoms with Crippen LogP contribution in [-0.2, 0) is 16.5 Å². The highest BCUT2D eigenvalue weighted by atomic mass is 19.4. The molecule has 0 bridgehead atoms. The summed E-state index contributed by atoms with van der Waals surface area (Å²) in [7, 11) is 0. The van der Waals surface area contributed by atoms with Crippen molar-refractivity contribution >= 4 is 0 Å². The van der Waals surface area contributed by atoms with E-state index in [1.807, 2.05) is 30.3 Å². The molecule has 3 rings (SSSR count). The van der Waals surface area contributed by atoms with E-state index in [1.54, 1.807) is 19.9 Å². The fourth-order valence-corrected chi connectivity index (χ4v) is 3.88. The largest absolute Gasteiger partial charge is 0.416 e. The summed E-state index contributed by atoms with van der Waals surface area (Å²) in [6, 6.07) is 12.8. The summed E-state index contributed by atoms with van der Waals surface area (Å²) < 4.78 is 45.5. The van der Waals surface area contributed by atoms with E-state index in [0.717, 1.165) is 17.7 Å². The number of halogens is 3. The summed E-state index contributed by atoms with van der Waals surface area (Å²) in [6.07, 6.45) is -4.10. The highest BCUT2D eigenvalue weighted by Gasteiger charge is 2.41. The lowest BCUT2D eigenvalue weighted by atomic mass is 9.81. The van der Waals surface area contributed by atoms with Gasteiger partial charge in [0.05, 0.1) is 30.4 Å². The van der Waals surface area contributed by atoms with Crippen molar-refractivity contribution in [3.8, 4) is 0 Å². The van der Waals surface area contributed by atoms with Gasteiger partial charge in [-0.1, -0.05) is 42.0 Å². The van der Waals surface area contributed by atoms with Crippen LogP contribution in [0.2, 0.25) is 0 Å². The van der Waals surface area contributed by atoms with Gasteiger partial charge in [-0.3, -0.25) is 15.4 Å². The van der Waals surface area contributed by atoms with Crippen molar-refractivity contribution in [2.45, 2.75) is 50.6 Å². The van der Waals surface area contributed by atoms with Crippen LogP contribution in [0.4, 0.5) is 13.2 Å². The Labute approximate surface area is 173 Å². The SMILES string of the molecule is Cc1cc([C@@H](C)OC[C@@]2(c3ccccc3)CC[C@@H]([N+](=O)[O-])CN2)cc(C(F)(F)F)c1. The molecule has 1 heterocycles. The molecule has 2 aromatic carbocycles. The molecule has 1 aliphatic heterocycles. The summed E-state index contributed by atoms with van der Waals surface area (Å²) in [6.45, 7) is 3.74. The number of nitrogens with zero attached hydrogens (tertiary/aromatic N) is 1. The van der Waals surface area contributed by atoms with Gasteiger partial charge in [-0.2, -0.15) is 13.2 Å². The lowest BCUT2D eigenvalue weighted by Gasteiger charge is -2.40. The summed E-state index contributed by atoms with van der Waals surface area (Å²) >= 11 is 0. The van der Waals surface area contributed by atoms with Gasteiger partial charge in [-0.05, 0) is 43.5 Å². The Morgan fingerprint density at radius 3 is 2.53 bits per heavy atom. The highest BCUT2D eigenvalue weighted by Crippen LogP contribution is 2.35. The van der Waals surface area contributed by atoms with Crippen LogP contribution in [0, 0.1) is 17.0 Å². The van der Waals surface area contributed by atoms with Crippen molar-refractivity contribution in [1.29, 1.82) is 0 Å². The average Bonchev–Trinajstić information content (AvgIpc) is 2.72. The lowest BCUT2D eigenvalue weighted by Crippen LogP contribution is -2.54. The molecular formula is C22H25F3N2O3. The van der Waals surface area contributed by atoms with E-state index in [1.165, 1.54) is 0 Å². The first-order valence-corrected chi connectivity index (χ1v) is 9.85. The summed E-state index contributed by atoms with van der Waals surface area (Å²) in [5, 5.41) is 14.4. The molecule has 1 aliphatic rings. The number of benzene rings is 2. The van der Waals surface area contributed by atoms with Gasteiger partial charge >= 0.3 is 6.18 Å². The molecule has 1 N–H and O–H groups in total. The van der Waals surface area contributed by atoms with Gasteiger partial charge in [0.1, 0.15) is 0 Å². The molecule has 0 amide bonds. The second-order valence-corrected chi connectivity index (χ2v) is 7.89. The molecule has 0 spiro atoms. The Bertz CT molecular complexity index is 879. The molecule has 0 unspecified atom stereocenters. The van der Waals surface area contributed by atoms with Gasteiger partial charge in [0, 0.05) is 11.3 Å². The van der Waals surface area contributed by atoms with Crippen LogP contribution >= 0.6 is 0 Å². The Balaban J connectivity index is 1.80. The normalized spacial score (nSPS) is 23.2. The maximum atomic E-state index is 13.2. The van der Waals surface area contributed by atoms with E-state index in [9.17, 15) is 23.3 Å². The fourth-order valence-electron chi connectivity index (χ4n) is 3.88. The minimum absolute atomic E-state index is 0.192. The molecule has 1 fully saturated rings. The van der Waals surface area contributed by atoms with Crippen molar-refractivity contribution in [1.82, 2.24) is 5.32 Å². The van der Waals surface area contributed by atoms with Crippen LogP contribution in [0.1, 0.15) is 48.1 Å². The molecule has 0 radical (unpaired) electrons. The van der Waals surface area contributed by atoms with Gasteiger partial charge in [0.2, 0.25) is 6.04 Å². The third kappa shape index (κ3) is 4.99. The number of alkyl halides is 3. The number of rotatable bonds is 6. The molecule has 1 saturated heterocycles. The summed E-state index contributed by atoms with van der Waals surface area (Å²) in [4.78, 5) is 10.9. The zero-order valence-electron chi connectivity index (χ0n) is 16.9. The van der Waals surface area contributed by atoms with E-state index in [0.29, 0.717) is 24.0 Å². The Hall–Kier alpha value is -2.45. The number of ether oxygens (including phenoxy) is 1. The van der Waals surface area contributed by atoms with E-state index < -0.39 is 29.4 Å². The molecular weight excluding hydrogens is 397 g/mol. The van der Waals surface area contributed by atoms with Gasteiger partial charge < -0.3 is 4.74 Å². The van der Waals surface area contributed by atoms with E-state index in [-0.39, 0.29) is 18.1 Å². The first kappa shape index (κ1) is 22.2. The number of hydrogen-bond acceptors (Lipinski definition) is 4. The van der Waals surface area contributed by atoms with Gasteiger partial charge in [0.15, 0.2) is 0 Å². The van der Waals surface area contributed by atoms with Gasteiger partial charge in [0.25, 0.3) is 0 Å². The third-order valence-electron chi connectivity index (χ3n) is 5.68. The smallest absolute Gasteiger partial charge is 0.372 e. The number of piperidine rings is 1. The molecule has 2 aromatic rings. The lowest BCUT2D eigenvalue weighted by molar-refractivity contribution is -0.524. The zero-order chi connectivity index (χ0) is 21.9. The zero-order valence-corrected chi connectivity index (χ0v) is 16.9. The molecule has 5 nitrogen and oxygen atoms in total. The molecule has 0 aliphatic carbocycles. The van der Waals surface area contributed by atoms with Crippen LogP contribution in [0.15, 0.2) is 48.5 Å². The number of nitro groups is 1. The molecule has 8 heteroatoms. The van der Waals surface area contributed by atoms with Gasteiger partial charge in [-0.25, -0.2) is 0 Å². The standard InChI is InChI=1S/C22H25F3N2O3/c1-15-10-17(12-19(11-15)22(23,24)25)16(2)30-14-21(18-6-4-3-5-7-18)9-8-20(13-26-21)27(28)29/h3-7,10-12,16,20,26H,8-9,13-14H2,1-2H3/t16-,20-,21-/m1/s1. The van der Waals surface area contributed by atoms with Crippen LogP contribution < -0.4 is 5.32 Å². The maximum Gasteiger partial charge on any atom is 0.416 e. The molecule has 3 atom stereocenters. The van der Waals surface area contributed by atoms with E-state index in [4.69, 9.17) is 4.74 Å². The maximum absolute atomic E-state index is 13.2. The summed E-state index contributed by atoms with van der Waals surface area (Å²) in [5.74, 6) is 0. The first-order valence-electron chi connectivity index (χ1n) is 9.85. The molecule has 0 aromatic heterocycles. The van der Waals surface area contributed by atoms with Crippen LogP contribution in [0.25, 0.3) is 0 Å². The Kier molecular flexibility index (Phi) is 6.47. The van der Waals surface area contributed by atoms with Crippen LogP contribution in [-0.4, -0.2) is 24.1 Å². The second kappa shape index (κ2) is 8.73. The summed E-state index contributed by atoms with van der Waals surface area (Å²) in [5.41, 5.74) is 0.579. The van der Waals surface area contributed by atoms with Crippen molar-refractivity contribution < 1.29 is 22.8 Å². The molecule has 0 saturated carbocycles. The molecule has 162 valence electrons. The van der Waals surface area contributed by atoms with E-state index >= 15 is 0 Å². The second-order valence-electron chi connectivity index (χ2n) is 7.89. The van der Waals surface area contributed by atoms with Crippen LogP contribution in [0.3, 0.4) is 0 Å². The Morgan fingerprint density at radius 2 is 1.97 bits per heavy atom. The minimum Gasteiger partial charge on any atom is -0.372 e. The monoisotopic (exact) mass is 422 g/mol. The highest BCUT2D eigenvalue weighted by molar-refractivity contribution is 5.32. The molecule has 30 heavy (non-hydrogen) atoms. The van der Waals surface area contributed by atoms with Crippen molar-refractivity contribution in [3.05, 3.63) is 80.9 Å². The fraction of sp³-hybridized carbons (Fsp3) is 0.455. The Morgan fingerprint density at radius 1 is 1.27 bits per heavy atom. The van der Waals surface area contributed by atoms with Crippen LogP contribution in [0.5, 0.6) is 0 Å². The number of nitrogens with one attached hydrogen (secondary N) is 1. The first-order chi connectivity index (χ1) is 14.1. The predicted molar refractivity (Wildman–Crippen MR) is 107 cm³/mol. The number of hydrogen-bond donors (Lipinski definition) is 1. The number of aryl methyl sites for hydroxylation is 1. The minimum atomic E-state index is -4.42. The van der Waals surface area contributed by atoms with Crippen molar-refractivity contribution in [2.24, 2.45) is 0 Å². The van der Waals surface area contributed by atoms with Crippen molar-refractivity contribution in [3.63, 3.8) is 0 Å². The third-order valence-corrected chi connectivity index (χ3v) is 5.68.